The molecule has 170 valence electrons. The summed E-state index contributed by atoms with van der Waals surface area (Å²) < 4.78 is 33.8. The van der Waals surface area contributed by atoms with Gasteiger partial charge in [0.25, 0.3) is 0 Å². The molecular formula is C24H32O7. The number of rotatable bonds is 10. The highest BCUT2D eigenvalue weighted by molar-refractivity contribution is 5.99. The van der Waals surface area contributed by atoms with Crippen LogP contribution < -0.4 is 14.2 Å². The van der Waals surface area contributed by atoms with Gasteiger partial charge in [0.05, 0.1) is 21.3 Å². The highest BCUT2D eigenvalue weighted by Gasteiger charge is 2.66. The molecule has 0 saturated heterocycles. The molecule has 1 aromatic carbocycles. The van der Waals surface area contributed by atoms with Gasteiger partial charge in [-0.05, 0) is 43.0 Å². The second kappa shape index (κ2) is 9.02. The zero-order valence-electron chi connectivity index (χ0n) is 19.2. The van der Waals surface area contributed by atoms with Crippen LogP contribution in [0.4, 0.5) is 0 Å². The number of Topliss-reactive ketones (excluding diaryl/α,β-unsaturated/α-hetero) is 1. The molecule has 0 N–H and O–H groups in total. The standard InChI is InChI=1S/C24H32O7/c1-8-9-16-14-23(29-5)17(13-18(16)24(30-6,31-7)22(23)25)10-15-11-19(26-2)21(28-4)20(12-15)27-3/h8,11-12,14,17-18H,1,9-10,13H2,2-7H3/t17-,18-,23+/m1/s1. The number of benzene rings is 1. The van der Waals surface area contributed by atoms with Crippen LogP contribution in [0, 0.1) is 11.8 Å². The van der Waals surface area contributed by atoms with E-state index in [2.05, 4.69) is 6.58 Å². The highest BCUT2D eigenvalue weighted by Crippen LogP contribution is 2.55. The fraction of sp³-hybridized carbons (Fsp3) is 0.542. The number of methoxy groups -OCH3 is 6. The molecule has 7 heteroatoms. The van der Waals surface area contributed by atoms with Gasteiger partial charge < -0.3 is 28.4 Å². The van der Waals surface area contributed by atoms with Crippen LogP contribution in [0.5, 0.6) is 17.2 Å². The average molecular weight is 433 g/mol. The summed E-state index contributed by atoms with van der Waals surface area (Å²) in [5.74, 6) is -0.254. The Bertz CT molecular complexity index is 846. The molecule has 0 spiro atoms. The largest absolute Gasteiger partial charge is 0.493 e. The third kappa shape index (κ3) is 3.45. The Balaban J connectivity index is 2.07. The molecule has 0 radical (unpaired) electrons. The summed E-state index contributed by atoms with van der Waals surface area (Å²) in [6.45, 7) is 3.86. The molecule has 3 aliphatic carbocycles. The first-order chi connectivity index (χ1) is 14.9. The van der Waals surface area contributed by atoms with Gasteiger partial charge in [-0.25, -0.2) is 0 Å². The Morgan fingerprint density at radius 3 is 2.06 bits per heavy atom. The molecule has 1 fully saturated rings. The van der Waals surface area contributed by atoms with Crippen LogP contribution in [0.15, 0.2) is 36.4 Å². The number of carbonyl (C=O) groups excluding carboxylic acids is 1. The summed E-state index contributed by atoms with van der Waals surface area (Å²) in [7, 11) is 9.30. The monoisotopic (exact) mass is 432 g/mol. The van der Waals surface area contributed by atoms with Crippen molar-refractivity contribution in [2.24, 2.45) is 11.8 Å². The number of ketones is 1. The van der Waals surface area contributed by atoms with Crippen molar-refractivity contribution in [2.75, 3.05) is 42.7 Å². The molecular weight excluding hydrogens is 400 g/mol. The Kier molecular flexibility index (Phi) is 6.79. The minimum absolute atomic E-state index is 0.121. The van der Waals surface area contributed by atoms with Crippen LogP contribution in [0.25, 0.3) is 0 Å². The first kappa shape index (κ1) is 23.3. The fourth-order valence-electron chi connectivity index (χ4n) is 5.20. The van der Waals surface area contributed by atoms with E-state index in [-0.39, 0.29) is 17.6 Å². The molecule has 0 aliphatic heterocycles. The van der Waals surface area contributed by atoms with Crippen LogP contribution in [0.1, 0.15) is 18.4 Å². The number of hydrogen-bond donors (Lipinski definition) is 0. The molecule has 4 rings (SSSR count). The molecule has 3 atom stereocenters. The highest BCUT2D eigenvalue weighted by atomic mass is 16.7. The van der Waals surface area contributed by atoms with Crippen LogP contribution in [0.2, 0.25) is 0 Å². The molecule has 7 nitrogen and oxygen atoms in total. The lowest BCUT2D eigenvalue weighted by molar-refractivity contribution is -0.259. The lowest BCUT2D eigenvalue weighted by atomic mass is 9.57. The van der Waals surface area contributed by atoms with Crippen molar-refractivity contribution in [1.82, 2.24) is 0 Å². The Labute approximate surface area is 183 Å². The van der Waals surface area contributed by atoms with E-state index in [1.165, 1.54) is 14.2 Å². The van der Waals surface area contributed by atoms with E-state index < -0.39 is 11.4 Å². The number of allylic oxidation sites excluding steroid dienone is 1. The quantitative estimate of drug-likeness (QED) is 0.415. The van der Waals surface area contributed by atoms with Crippen LogP contribution in [-0.4, -0.2) is 59.8 Å². The second-order valence-corrected chi connectivity index (χ2v) is 7.84. The van der Waals surface area contributed by atoms with Crippen molar-refractivity contribution in [2.45, 2.75) is 30.7 Å². The summed E-state index contributed by atoms with van der Waals surface area (Å²) in [5, 5.41) is 0. The Hall–Kier alpha value is -2.35. The molecule has 1 aromatic rings. The third-order valence-corrected chi connectivity index (χ3v) is 6.64. The van der Waals surface area contributed by atoms with Crippen molar-refractivity contribution in [3.63, 3.8) is 0 Å². The topological polar surface area (TPSA) is 72.5 Å². The smallest absolute Gasteiger partial charge is 0.238 e. The zero-order valence-corrected chi connectivity index (χ0v) is 19.2. The van der Waals surface area contributed by atoms with Crippen molar-refractivity contribution in [3.8, 4) is 17.2 Å². The lowest BCUT2D eigenvalue weighted by Crippen LogP contribution is -2.69. The van der Waals surface area contributed by atoms with E-state index in [1.54, 1.807) is 28.4 Å². The summed E-state index contributed by atoms with van der Waals surface area (Å²) >= 11 is 0. The minimum Gasteiger partial charge on any atom is -0.493 e. The number of hydrogen-bond acceptors (Lipinski definition) is 7. The van der Waals surface area contributed by atoms with E-state index in [0.29, 0.717) is 36.5 Å². The lowest BCUT2D eigenvalue weighted by Gasteiger charge is -2.55. The summed E-state index contributed by atoms with van der Waals surface area (Å²) in [6.07, 6.45) is 5.65. The molecule has 3 aliphatic rings. The van der Waals surface area contributed by atoms with E-state index in [4.69, 9.17) is 28.4 Å². The molecule has 0 heterocycles. The maximum atomic E-state index is 13.7. The van der Waals surface area contributed by atoms with Crippen LogP contribution >= 0.6 is 0 Å². The number of ether oxygens (including phenoxy) is 6. The minimum atomic E-state index is -1.37. The summed E-state index contributed by atoms with van der Waals surface area (Å²) in [6, 6.07) is 3.82. The Morgan fingerprint density at radius 1 is 1.00 bits per heavy atom. The van der Waals surface area contributed by atoms with E-state index >= 15 is 0 Å². The summed E-state index contributed by atoms with van der Waals surface area (Å²) in [5.41, 5.74) is 0.830. The van der Waals surface area contributed by atoms with Gasteiger partial charge in [0.15, 0.2) is 17.1 Å². The number of carbonyl (C=O) groups is 1. The van der Waals surface area contributed by atoms with Crippen molar-refractivity contribution < 1.29 is 33.2 Å². The second-order valence-electron chi connectivity index (χ2n) is 7.84. The van der Waals surface area contributed by atoms with Gasteiger partial charge in [0, 0.05) is 33.2 Å². The predicted octanol–water partition coefficient (Wildman–Crippen LogP) is 3.35. The predicted molar refractivity (Wildman–Crippen MR) is 116 cm³/mol. The molecule has 0 amide bonds. The van der Waals surface area contributed by atoms with E-state index in [1.807, 2.05) is 24.3 Å². The van der Waals surface area contributed by atoms with E-state index in [9.17, 15) is 4.79 Å². The first-order valence-electron chi connectivity index (χ1n) is 10.2. The average Bonchev–Trinajstić information content (AvgIpc) is 2.80. The molecule has 0 unspecified atom stereocenters. The SMILES string of the molecule is C=CCC1=C[C@@]2(OC)C(=O)C(OC)(OC)[C@@H]1C[C@H]2Cc1cc(OC)c(OC)c(OC)c1. The maximum Gasteiger partial charge on any atom is 0.238 e. The van der Waals surface area contributed by atoms with Crippen LogP contribution in [-0.2, 0) is 25.4 Å². The third-order valence-electron chi connectivity index (χ3n) is 6.64. The van der Waals surface area contributed by atoms with Gasteiger partial charge in [-0.1, -0.05) is 11.6 Å². The molecule has 2 bridgehead atoms. The van der Waals surface area contributed by atoms with Crippen molar-refractivity contribution in [1.29, 1.82) is 0 Å². The van der Waals surface area contributed by atoms with Gasteiger partial charge in [-0.3, -0.25) is 4.79 Å². The molecule has 31 heavy (non-hydrogen) atoms. The Morgan fingerprint density at radius 2 is 1.61 bits per heavy atom. The summed E-state index contributed by atoms with van der Waals surface area (Å²) in [4.78, 5) is 13.7. The fourth-order valence-corrected chi connectivity index (χ4v) is 5.20. The van der Waals surface area contributed by atoms with Gasteiger partial charge in [-0.2, -0.15) is 0 Å². The van der Waals surface area contributed by atoms with Gasteiger partial charge >= 0.3 is 0 Å². The van der Waals surface area contributed by atoms with Gasteiger partial charge in [0.2, 0.25) is 17.3 Å². The van der Waals surface area contributed by atoms with Gasteiger partial charge in [-0.15, -0.1) is 6.58 Å². The van der Waals surface area contributed by atoms with Crippen LogP contribution in [0.3, 0.4) is 0 Å². The van der Waals surface area contributed by atoms with E-state index in [0.717, 1.165) is 11.1 Å². The van der Waals surface area contributed by atoms with Crippen molar-refractivity contribution in [3.05, 3.63) is 42.0 Å². The normalized spacial score (nSPS) is 26.4. The molecule has 1 saturated carbocycles. The number of fused-ring (bicyclic) bond motifs is 2. The van der Waals surface area contributed by atoms with Crippen molar-refractivity contribution >= 4 is 5.78 Å². The first-order valence-corrected chi connectivity index (χ1v) is 10.2. The maximum absolute atomic E-state index is 13.7. The zero-order chi connectivity index (χ0) is 22.8. The van der Waals surface area contributed by atoms with Gasteiger partial charge in [0.1, 0.15) is 0 Å². The molecule has 0 aromatic heterocycles.